The van der Waals surface area contributed by atoms with Gasteiger partial charge in [0.1, 0.15) is 0 Å². The van der Waals surface area contributed by atoms with Crippen LogP contribution in [0.4, 0.5) is 5.69 Å². The maximum absolute atomic E-state index is 9.01. The van der Waals surface area contributed by atoms with Gasteiger partial charge in [0.25, 0.3) is 0 Å². The van der Waals surface area contributed by atoms with Crippen LogP contribution in [0.2, 0.25) is 0 Å². The van der Waals surface area contributed by atoms with Gasteiger partial charge >= 0.3 is 0 Å². The molecule has 0 spiro atoms. The van der Waals surface area contributed by atoms with E-state index in [1.807, 2.05) is 35.0 Å². The van der Waals surface area contributed by atoms with Crippen molar-refractivity contribution >= 4 is 5.69 Å². The second-order valence-corrected chi connectivity index (χ2v) is 4.84. The third-order valence-electron chi connectivity index (χ3n) is 3.37. The van der Waals surface area contributed by atoms with Crippen molar-refractivity contribution in [3.63, 3.8) is 0 Å². The van der Waals surface area contributed by atoms with Crippen molar-refractivity contribution in [2.24, 2.45) is 0 Å². The SMILES string of the molecule is OCc1ccc(NCc2ccc(-n3ccnc3)cc2)cc1. The van der Waals surface area contributed by atoms with E-state index < -0.39 is 0 Å². The minimum Gasteiger partial charge on any atom is -0.392 e. The quantitative estimate of drug-likeness (QED) is 0.755. The van der Waals surface area contributed by atoms with E-state index in [9.17, 15) is 0 Å². The van der Waals surface area contributed by atoms with Crippen LogP contribution in [-0.4, -0.2) is 14.7 Å². The van der Waals surface area contributed by atoms with Crippen LogP contribution in [0, 0.1) is 0 Å². The lowest BCUT2D eigenvalue weighted by atomic mass is 10.2. The molecule has 4 nitrogen and oxygen atoms in total. The molecule has 2 N–H and O–H groups in total. The molecule has 0 radical (unpaired) electrons. The minimum atomic E-state index is 0.0794. The lowest BCUT2D eigenvalue weighted by Crippen LogP contribution is -2.00. The molecule has 0 saturated carbocycles. The fourth-order valence-electron chi connectivity index (χ4n) is 2.13. The summed E-state index contributed by atoms with van der Waals surface area (Å²) in [6.07, 6.45) is 5.48. The number of rotatable bonds is 5. The maximum Gasteiger partial charge on any atom is 0.0991 e. The number of aliphatic hydroxyl groups excluding tert-OH is 1. The fourth-order valence-corrected chi connectivity index (χ4v) is 2.13. The zero-order valence-electron chi connectivity index (χ0n) is 11.6. The second kappa shape index (κ2) is 6.24. The molecule has 0 saturated heterocycles. The molecular weight excluding hydrogens is 262 g/mol. The van der Waals surface area contributed by atoms with Crippen LogP contribution in [0.3, 0.4) is 0 Å². The van der Waals surface area contributed by atoms with E-state index in [2.05, 4.69) is 34.6 Å². The van der Waals surface area contributed by atoms with Crippen LogP contribution in [0.5, 0.6) is 0 Å². The fraction of sp³-hybridized carbons (Fsp3) is 0.118. The monoisotopic (exact) mass is 279 g/mol. The van der Waals surface area contributed by atoms with Gasteiger partial charge in [-0.15, -0.1) is 0 Å². The molecule has 21 heavy (non-hydrogen) atoms. The summed E-state index contributed by atoms with van der Waals surface area (Å²) in [5.41, 5.74) is 4.28. The standard InChI is InChI=1S/C17H17N3O/c21-12-15-1-5-16(6-2-15)19-11-14-3-7-17(8-4-14)20-10-9-18-13-20/h1-10,13,19,21H,11-12H2. The molecule has 0 aliphatic carbocycles. The summed E-state index contributed by atoms with van der Waals surface area (Å²) in [5.74, 6) is 0. The molecule has 0 unspecified atom stereocenters. The summed E-state index contributed by atoms with van der Waals surface area (Å²) in [6, 6.07) is 16.2. The van der Waals surface area contributed by atoms with Crippen LogP contribution in [0.1, 0.15) is 11.1 Å². The average Bonchev–Trinajstić information content (AvgIpc) is 3.08. The van der Waals surface area contributed by atoms with E-state index >= 15 is 0 Å². The highest BCUT2D eigenvalue weighted by Gasteiger charge is 1.98. The first kappa shape index (κ1) is 13.4. The molecule has 3 rings (SSSR count). The van der Waals surface area contributed by atoms with Crippen molar-refractivity contribution < 1.29 is 5.11 Å². The van der Waals surface area contributed by atoms with E-state index in [-0.39, 0.29) is 6.61 Å². The summed E-state index contributed by atoms with van der Waals surface area (Å²) in [5, 5.41) is 12.4. The molecule has 0 amide bonds. The van der Waals surface area contributed by atoms with Gasteiger partial charge in [0.15, 0.2) is 0 Å². The predicted octanol–water partition coefficient (Wildman–Crippen LogP) is 2.98. The van der Waals surface area contributed by atoms with Crippen molar-refractivity contribution in [3.8, 4) is 5.69 Å². The first-order valence-corrected chi connectivity index (χ1v) is 6.86. The van der Waals surface area contributed by atoms with Crippen molar-refractivity contribution in [1.29, 1.82) is 0 Å². The molecule has 1 aromatic heterocycles. The van der Waals surface area contributed by atoms with Gasteiger partial charge in [0, 0.05) is 30.3 Å². The van der Waals surface area contributed by atoms with Gasteiger partial charge in [-0.3, -0.25) is 0 Å². The van der Waals surface area contributed by atoms with Crippen molar-refractivity contribution in [2.75, 3.05) is 5.32 Å². The van der Waals surface area contributed by atoms with Crippen LogP contribution in [0.25, 0.3) is 5.69 Å². The van der Waals surface area contributed by atoms with E-state index in [1.165, 1.54) is 5.56 Å². The van der Waals surface area contributed by atoms with Gasteiger partial charge in [-0.05, 0) is 35.4 Å². The Balaban J connectivity index is 1.62. The third kappa shape index (κ3) is 3.30. The van der Waals surface area contributed by atoms with E-state index in [4.69, 9.17) is 5.11 Å². The summed E-state index contributed by atoms with van der Waals surface area (Å²) in [4.78, 5) is 4.04. The molecule has 0 fully saturated rings. The number of aliphatic hydroxyl groups is 1. The Labute approximate surface area is 123 Å². The lowest BCUT2D eigenvalue weighted by molar-refractivity contribution is 0.282. The number of hydrogen-bond acceptors (Lipinski definition) is 3. The van der Waals surface area contributed by atoms with Gasteiger partial charge < -0.3 is 15.0 Å². The van der Waals surface area contributed by atoms with Gasteiger partial charge in [-0.1, -0.05) is 24.3 Å². The Morgan fingerprint density at radius 2 is 1.67 bits per heavy atom. The largest absolute Gasteiger partial charge is 0.392 e. The van der Waals surface area contributed by atoms with Crippen LogP contribution >= 0.6 is 0 Å². The first-order chi connectivity index (χ1) is 10.3. The highest BCUT2D eigenvalue weighted by molar-refractivity contribution is 5.45. The topological polar surface area (TPSA) is 50.1 Å². The normalized spacial score (nSPS) is 10.5. The Hall–Kier alpha value is -2.59. The molecule has 3 aromatic rings. The Morgan fingerprint density at radius 1 is 0.952 bits per heavy atom. The first-order valence-electron chi connectivity index (χ1n) is 6.86. The van der Waals surface area contributed by atoms with Gasteiger partial charge in [0.05, 0.1) is 12.9 Å². The van der Waals surface area contributed by atoms with Gasteiger partial charge in [-0.2, -0.15) is 0 Å². The third-order valence-corrected chi connectivity index (χ3v) is 3.37. The van der Waals surface area contributed by atoms with E-state index in [0.717, 1.165) is 23.5 Å². The Kier molecular flexibility index (Phi) is 3.98. The van der Waals surface area contributed by atoms with Crippen LogP contribution < -0.4 is 5.32 Å². The Morgan fingerprint density at radius 3 is 2.29 bits per heavy atom. The lowest BCUT2D eigenvalue weighted by Gasteiger charge is -2.08. The summed E-state index contributed by atoms with van der Waals surface area (Å²) in [6.45, 7) is 0.846. The highest BCUT2D eigenvalue weighted by atomic mass is 16.3. The number of nitrogens with zero attached hydrogens (tertiary/aromatic N) is 2. The van der Waals surface area contributed by atoms with E-state index in [1.54, 1.807) is 12.5 Å². The molecule has 0 aliphatic rings. The minimum absolute atomic E-state index is 0.0794. The second-order valence-electron chi connectivity index (χ2n) is 4.84. The number of hydrogen-bond donors (Lipinski definition) is 2. The zero-order valence-corrected chi connectivity index (χ0v) is 11.6. The van der Waals surface area contributed by atoms with E-state index in [0.29, 0.717) is 0 Å². The number of benzene rings is 2. The predicted molar refractivity (Wildman–Crippen MR) is 83.3 cm³/mol. The van der Waals surface area contributed by atoms with Crippen molar-refractivity contribution in [2.45, 2.75) is 13.2 Å². The average molecular weight is 279 g/mol. The van der Waals surface area contributed by atoms with Gasteiger partial charge in [-0.25, -0.2) is 4.98 Å². The molecule has 2 aromatic carbocycles. The van der Waals surface area contributed by atoms with Crippen molar-refractivity contribution in [3.05, 3.63) is 78.4 Å². The smallest absolute Gasteiger partial charge is 0.0991 e. The number of imidazole rings is 1. The zero-order chi connectivity index (χ0) is 14.5. The van der Waals surface area contributed by atoms with Crippen LogP contribution in [-0.2, 0) is 13.2 Å². The molecule has 4 heteroatoms. The number of nitrogens with one attached hydrogen (secondary N) is 1. The van der Waals surface area contributed by atoms with Crippen LogP contribution in [0.15, 0.2) is 67.3 Å². The summed E-state index contributed by atoms with van der Waals surface area (Å²) >= 11 is 0. The molecule has 0 bridgehead atoms. The molecular formula is C17H17N3O. The molecule has 106 valence electrons. The van der Waals surface area contributed by atoms with Crippen molar-refractivity contribution in [1.82, 2.24) is 9.55 Å². The molecule has 1 heterocycles. The summed E-state index contributed by atoms with van der Waals surface area (Å²) < 4.78 is 1.98. The molecule has 0 atom stereocenters. The Bertz CT molecular complexity index is 673. The van der Waals surface area contributed by atoms with Gasteiger partial charge in [0.2, 0.25) is 0 Å². The maximum atomic E-state index is 9.01. The number of anilines is 1. The summed E-state index contributed by atoms with van der Waals surface area (Å²) in [7, 11) is 0. The molecule has 0 aliphatic heterocycles. The number of aromatic nitrogens is 2. The highest BCUT2D eigenvalue weighted by Crippen LogP contribution is 2.13.